The van der Waals surface area contributed by atoms with Gasteiger partial charge in [-0.25, -0.2) is 14.4 Å². The van der Waals surface area contributed by atoms with Crippen molar-refractivity contribution in [2.75, 3.05) is 13.1 Å². The summed E-state index contributed by atoms with van der Waals surface area (Å²) in [7, 11) is 0. The maximum atomic E-state index is 12.8. The summed E-state index contributed by atoms with van der Waals surface area (Å²) in [5.41, 5.74) is 1.93. The lowest BCUT2D eigenvalue weighted by atomic mass is 9.89. The highest BCUT2D eigenvalue weighted by atomic mass is 19.4. The maximum absolute atomic E-state index is 12.8. The topological polar surface area (TPSA) is 210 Å². The van der Waals surface area contributed by atoms with Gasteiger partial charge in [0.25, 0.3) is 5.91 Å². The Hall–Kier alpha value is -5.39. The molecule has 52 heavy (non-hydrogen) atoms. The number of ether oxygens (including phenoxy) is 1. The van der Waals surface area contributed by atoms with E-state index in [1.165, 1.54) is 5.56 Å². The maximum Gasteiger partial charge on any atom is 0.490 e. The molecule has 0 saturated carbocycles. The zero-order chi connectivity index (χ0) is 39.3. The van der Waals surface area contributed by atoms with Gasteiger partial charge in [0, 0.05) is 51.0 Å². The van der Waals surface area contributed by atoms with E-state index in [4.69, 9.17) is 34.4 Å². The lowest BCUT2D eigenvalue weighted by molar-refractivity contribution is -0.193. The van der Waals surface area contributed by atoms with Crippen molar-refractivity contribution < 1.29 is 78.7 Å². The quantitative estimate of drug-likeness (QED) is 0.275. The third kappa shape index (κ3) is 14.1. The molecule has 0 unspecified atom stereocenters. The van der Waals surface area contributed by atoms with E-state index in [1.807, 2.05) is 29.0 Å². The molecule has 3 aromatic heterocycles. The van der Waals surface area contributed by atoms with Crippen LogP contribution >= 0.6 is 0 Å². The smallest absolute Gasteiger partial charge is 0.475 e. The first-order valence-electron chi connectivity index (χ1n) is 14.3. The molecule has 5 rings (SSSR count). The van der Waals surface area contributed by atoms with Crippen molar-refractivity contribution in [2.24, 2.45) is 0 Å². The zero-order valence-electron chi connectivity index (χ0n) is 26.2. The molecule has 1 fully saturated rings. The standard InChI is InChI=1S/C22H25N7O2.3C2HF3O2/c30-21(25-13-17-3-8-23-9-4-17)20-27-26-19-15-31-22(16-29(19)20)5-10-28(11-6-22)14-18-2-1-7-24-12-18;3*3-2(4,5)1(6)7/h1-4,7-9,12H,5-6,10-11,13-16H2,(H,25,30);3*(H,6,7). The van der Waals surface area contributed by atoms with Crippen LogP contribution in [0.4, 0.5) is 39.5 Å². The van der Waals surface area contributed by atoms with Gasteiger partial charge in [-0.15, -0.1) is 10.2 Å². The number of carboxylic acids is 3. The van der Waals surface area contributed by atoms with Crippen LogP contribution in [0.3, 0.4) is 0 Å². The highest BCUT2D eigenvalue weighted by Gasteiger charge is 2.42. The number of nitrogens with zero attached hydrogens (tertiary/aromatic N) is 6. The lowest BCUT2D eigenvalue weighted by Gasteiger charge is -2.44. The van der Waals surface area contributed by atoms with Crippen molar-refractivity contribution in [3.8, 4) is 0 Å². The van der Waals surface area contributed by atoms with Crippen molar-refractivity contribution >= 4 is 23.8 Å². The number of hydrogen-bond acceptors (Lipinski definition) is 10. The van der Waals surface area contributed by atoms with Gasteiger partial charge < -0.3 is 29.9 Å². The fraction of sp³-hybridized carbons (Fsp3) is 0.429. The zero-order valence-corrected chi connectivity index (χ0v) is 26.2. The van der Waals surface area contributed by atoms with Gasteiger partial charge in [-0.1, -0.05) is 6.07 Å². The minimum Gasteiger partial charge on any atom is -0.475 e. The van der Waals surface area contributed by atoms with Crippen LogP contribution in [0.25, 0.3) is 0 Å². The van der Waals surface area contributed by atoms with Crippen LogP contribution in [0.1, 0.15) is 40.4 Å². The number of amides is 1. The van der Waals surface area contributed by atoms with Gasteiger partial charge in [0.15, 0.2) is 5.82 Å². The largest absolute Gasteiger partial charge is 0.490 e. The van der Waals surface area contributed by atoms with Crippen LogP contribution in [0, 0.1) is 0 Å². The molecule has 0 atom stereocenters. The van der Waals surface area contributed by atoms with Crippen molar-refractivity contribution in [3.63, 3.8) is 0 Å². The monoisotopic (exact) mass is 761 g/mol. The highest BCUT2D eigenvalue weighted by Crippen LogP contribution is 2.33. The van der Waals surface area contributed by atoms with Gasteiger partial charge in [0.1, 0.15) is 6.61 Å². The van der Waals surface area contributed by atoms with Crippen LogP contribution in [-0.4, -0.2) is 106 Å². The van der Waals surface area contributed by atoms with E-state index < -0.39 is 36.4 Å². The molecule has 0 aliphatic carbocycles. The Morgan fingerprint density at radius 2 is 1.29 bits per heavy atom. The van der Waals surface area contributed by atoms with Crippen molar-refractivity contribution in [2.45, 2.75) is 63.2 Å². The van der Waals surface area contributed by atoms with E-state index in [0.717, 1.165) is 38.0 Å². The van der Waals surface area contributed by atoms with Crippen LogP contribution < -0.4 is 5.32 Å². The van der Waals surface area contributed by atoms with E-state index in [0.29, 0.717) is 31.3 Å². The number of alkyl halides is 9. The number of piperidine rings is 1. The van der Waals surface area contributed by atoms with Gasteiger partial charge in [0.05, 0.1) is 12.1 Å². The molecule has 3 aromatic rings. The summed E-state index contributed by atoms with van der Waals surface area (Å²) in [5, 5.41) is 32.6. The first kappa shape index (κ1) is 42.8. The number of aliphatic carboxylic acids is 3. The molecule has 1 saturated heterocycles. The van der Waals surface area contributed by atoms with Gasteiger partial charge in [-0.3, -0.25) is 19.7 Å². The minimum atomic E-state index is -5.08. The number of carboxylic acid groups (broad SMARTS) is 3. The van der Waals surface area contributed by atoms with Gasteiger partial charge >= 0.3 is 36.4 Å². The Bertz CT molecular complexity index is 1570. The minimum absolute atomic E-state index is 0.221. The van der Waals surface area contributed by atoms with Crippen LogP contribution in [-0.2, 0) is 45.4 Å². The molecule has 1 spiro atoms. The Balaban J connectivity index is 0.000000365. The number of aromatic nitrogens is 5. The molecule has 286 valence electrons. The van der Waals surface area contributed by atoms with E-state index in [-0.39, 0.29) is 11.5 Å². The predicted octanol–water partition coefficient (Wildman–Crippen LogP) is 3.46. The molecular formula is C28H28F9N7O8. The number of carbonyl (C=O) groups is 4. The molecule has 4 N–H and O–H groups in total. The molecule has 15 nitrogen and oxygen atoms in total. The van der Waals surface area contributed by atoms with E-state index in [2.05, 4.69) is 36.4 Å². The number of carbonyl (C=O) groups excluding carboxylic acids is 1. The first-order chi connectivity index (χ1) is 24.0. The van der Waals surface area contributed by atoms with E-state index in [1.54, 1.807) is 18.6 Å². The number of pyridine rings is 2. The number of halogens is 9. The second-order valence-corrected chi connectivity index (χ2v) is 10.6. The van der Waals surface area contributed by atoms with Crippen molar-refractivity contribution in [1.82, 2.24) is 34.9 Å². The number of rotatable bonds is 5. The SMILES string of the molecule is O=C(NCc1ccncc1)c1nnc2n1CC1(CCN(Cc3cccnc3)CC1)OC2.O=C(O)C(F)(F)F.O=C(O)C(F)(F)F.O=C(O)C(F)(F)F. The van der Waals surface area contributed by atoms with Crippen molar-refractivity contribution in [3.05, 3.63) is 71.8 Å². The summed E-state index contributed by atoms with van der Waals surface area (Å²) in [5.74, 6) is -7.43. The third-order valence-electron chi connectivity index (χ3n) is 6.81. The average molecular weight is 762 g/mol. The van der Waals surface area contributed by atoms with Crippen molar-refractivity contribution in [1.29, 1.82) is 0 Å². The fourth-order valence-electron chi connectivity index (χ4n) is 4.26. The second-order valence-electron chi connectivity index (χ2n) is 10.6. The van der Waals surface area contributed by atoms with Crippen LogP contribution in [0.15, 0.2) is 49.1 Å². The Kier molecular flexibility index (Phi) is 15.0. The number of fused-ring (bicyclic) bond motifs is 1. The summed E-state index contributed by atoms with van der Waals surface area (Å²) in [4.78, 5) is 50.1. The van der Waals surface area contributed by atoms with Gasteiger partial charge in [-0.2, -0.15) is 39.5 Å². The van der Waals surface area contributed by atoms with Gasteiger partial charge in [-0.05, 0) is 42.2 Å². The molecule has 5 heterocycles. The third-order valence-corrected chi connectivity index (χ3v) is 6.81. The lowest BCUT2D eigenvalue weighted by Crippen LogP contribution is -2.50. The summed E-state index contributed by atoms with van der Waals surface area (Å²) >= 11 is 0. The summed E-state index contributed by atoms with van der Waals surface area (Å²) < 4.78 is 103. The molecule has 0 radical (unpaired) electrons. The molecule has 2 aliphatic rings. The highest BCUT2D eigenvalue weighted by molar-refractivity contribution is 5.90. The molecule has 0 aromatic carbocycles. The molecular weight excluding hydrogens is 733 g/mol. The predicted molar refractivity (Wildman–Crippen MR) is 153 cm³/mol. The summed E-state index contributed by atoms with van der Waals surface area (Å²) in [6, 6.07) is 7.83. The molecule has 0 bridgehead atoms. The Morgan fingerprint density at radius 1 is 0.769 bits per heavy atom. The van der Waals surface area contributed by atoms with Crippen LogP contribution in [0.2, 0.25) is 0 Å². The fourth-order valence-corrected chi connectivity index (χ4v) is 4.26. The molecule has 24 heteroatoms. The average Bonchev–Trinajstić information content (AvgIpc) is 3.48. The summed E-state index contributed by atoms with van der Waals surface area (Å²) in [6.07, 6.45) is -6.30. The van der Waals surface area contributed by atoms with Gasteiger partial charge in [0.2, 0.25) is 5.82 Å². The number of nitrogens with one attached hydrogen (secondary N) is 1. The first-order valence-corrected chi connectivity index (χ1v) is 14.3. The summed E-state index contributed by atoms with van der Waals surface area (Å²) in [6.45, 7) is 4.19. The normalized spacial score (nSPS) is 15.2. The molecule has 2 aliphatic heterocycles. The molecule has 1 amide bonds. The number of hydrogen-bond donors (Lipinski definition) is 4. The Morgan fingerprint density at radius 3 is 1.75 bits per heavy atom. The van der Waals surface area contributed by atoms with E-state index >= 15 is 0 Å². The van der Waals surface area contributed by atoms with E-state index in [9.17, 15) is 44.3 Å². The second kappa shape index (κ2) is 18.2. The Labute approximate surface area is 286 Å². The van der Waals surface area contributed by atoms with Crippen LogP contribution in [0.5, 0.6) is 0 Å². The number of likely N-dealkylation sites (tertiary alicyclic amines) is 1.